The Hall–Kier alpha value is -2.20. The van der Waals surface area contributed by atoms with Crippen LogP contribution in [0.1, 0.15) is 29.2 Å². The lowest BCUT2D eigenvalue weighted by Gasteiger charge is -2.16. The van der Waals surface area contributed by atoms with E-state index in [2.05, 4.69) is 0 Å². The SMILES string of the molecule is CCOc1cccc(CC(=O)OC)c1COc1cc(C)c(C)cc1Cl. The Morgan fingerprint density at radius 1 is 1.08 bits per heavy atom. The summed E-state index contributed by atoms with van der Waals surface area (Å²) in [6.45, 7) is 6.71. The topological polar surface area (TPSA) is 44.8 Å². The van der Waals surface area contributed by atoms with E-state index in [4.69, 9.17) is 25.8 Å². The van der Waals surface area contributed by atoms with Crippen molar-refractivity contribution < 1.29 is 19.0 Å². The zero-order valence-corrected chi connectivity index (χ0v) is 15.8. The molecule has 5 heteroatoms. The van der Waals surface area contributed by atoms with Crippen molar-refractivity contribution >= 4 is 17.6 Å². The van der Waals surface area contributed by atoms with Gasteiger partial charge in [-0.3, -0.25) is 4.79 Å². The number of ether oxygens (including phenoxy) is 3. The quantitative estimate of drug-likeness (QED) is 0.672. The fourth-order valence-corrected chi connectivity index (χ4v) is 2.75. The monoisotopic (exact) mass is 362 g/mol. The molecule has 0 aliphatic heterocycles. The highest BCUT2D eigenvalue weighted by Crippen LogP contribution is 2.31. The van der Waals surface area contributed by atoms with E-state index in [1.54, 1.807) is 0 Å². The first-order valence-corrected chi connectivity index (χ1v) is 8.54. The molecular weight excluding hydrogens is 340 g/mol. The van der Waals surface area contributed by atoms with Crippen LogP contribution in [0.25, 0.3) is 0 Å². The van der Waals surface area contributed by atoms with Crippen LogP contribution in [-0.4, -0.2) is 19.7 Å². The molecule has 0 fully saturated rings. The van der Waals surface area contributed by atoms with Crippen LogP contribution in [0.2, 0.25) is 5.02 Å². The highest BCUT2D eigenvalue weighted by atomic mass is 35.5. The third kappa shape index (κ3) is 4.89. The van der Waals surface area contributed by atoms with E-state index in [1.165, 1.54) is 7.11 Å². The number of rotatable bonds is 7. The predicted molar refractivity (Wildman–Crippen MR) is 98.6 cm³/mol. The van der Waals surface area contributed by atoms with Crippen LogP contribution >= 0.6 is 11.6 Å². The van der Waals surface area contributed by atoms with E-state index in [0.717, 1.165) is 22.3 Å². The molecule has 2 aromatic carbocycles. The van der Waals surface area contributed by atoms with E-state index in [1.807, 2.05) is 51.1 Å². The van der Waals surface area contributed by atoms with Gasteiger partial charge in [0.1, 0.15) is 18.1 Å². The number of esters is 1. The summed E-state index contributed by atoms with van der Waals surface area (Å²) in [6, 6.07) is 9.40. The molecule has 0 unspecified atom stereocenters. The molecule has 2 aromatic rings. The van der Waals surface area contributed by atoms with E-state index >= 15 is 0 Å². The minimum Gasteiger partial charge on any atom is -0.493 e. The van der Waals surface area contributed by atoms with Crippen molar-refractivity contribution in [1.82, 2.24) is 0 Å². The zero-order valence-electron chi connectivity index (χ0n) is 15.0. The molecule has 0 radical (unpaired) electrons. The largest absolute Gasteiger partial charge is 0.493 e. The predicted octanol–water partition coefficient (Wildman–Crippen LogP) is 4.65. The molecular formula is C20H23ClO4. The van der Waals surface area contributed by atoms with Gasteiger partial charge in [0.2, 0.25) is 0 Å². The zero-order chi connectivity index (χ0) is 18.4. The fourth-order valence-electron chi connectivity index (χ4n) is 2.47. The first kappa shape index (κ1) is 19.1. The smallest absolute Gasteiger partial charge is 0.309 e. The summed E-state index contributed by atoms with van der Waals surface area (Å²) in [4.78, 5) is 11.7. The van der Waals surface area contributed by atoms with Crippen molar-refractivity contribution in [3.05, 3.63) is 57.6 Å². The Kier molecular flexibility index (Phi) is 6.71. The lowest BCUT2D eigenvalue weighted by molar-refractivity contribution is -0.139. The lowest BCUT2D eigenvalue weighted by Crippen LogP contribution is -2.10. The van der Waals surface area contributed by atoms with Crippen LogP contribution in [0.15, 0.2) is 30.3 Å². The Morgan fingerprint density at radius 3 is 2.48 bits per heavy atom. The van der Waals surface area contributed by atoms with Crippen molar-refractivity contribution in [3.63, 3.8) is 0 Å². The summed E-state index contributed by atoms with van der Waals surface area (Å²) < 4.78 is 16.4. The summed E-state index contributed by atoms with van der Waals surface area (Å²) in [6.07, 6.45) is 0.163. The van der Waals surface area contributed by atoms with Gasteiger partial charge in [-0.2, -0.15) is 0 Å². The fraction of sp³-hybridized carbons (Fsp3) is 0.350. The highest BCUT2D eigenvalue weighted by Gasteiger charge is 2.15. The Balaban J connectivity index is 2.30. The third-order valence-electron chi connectivity index (χ3n) is 4.01. The van der Waals surface area contributed by atoms with Gasteiger partial charge in [-0.15, -0.1) is 0 Å². The molecule has 0 heterocycles. The number of hydrogen-bond donors (Lipinski definition) is 0. The van der Waals surface area contributed by atoms with E-state index in [9.17, 15) is 4.79 Å². The Labute approximate surface area is 153 Å². The van der Waals surface area contributed by atoms with E-state index in [-0.39, 0.29) is 19.0 Å². The summed E-state index contributed by atoms with van der Waals surface area (Å²) >= 11 is 6.28. The second-order valence-corrected chi connectivity index (χ2v) is 6.14. The van der Waals surface area contributed by atoms with Gasteiger partial charge >= 0.3 is 5.97 Å². The first-order chi connectivity index (χ1) is 12.0. The summed E-state index contributed by atoms with van der Waals surface area (Å²) in [5, 5.41) is 0.562. The maximum Gasteiger partial charge on any atom is 0.309 e. The van der Waals surface area contributed by atoms with Crippen molar-refractivity contribution in [2.24, 2.45) is 0 Å². The highest BCUT2D eigenvalue weighted by molar-refractivity contribution is 6.32. The lowest BCUT2D eigenvalue weighted by atomic mass is 10.0. The maximum absolute atomic E-state index is 11.7. The van der Waals surface area contributed by atoms with Crippen molar-refractivity contribution in [2.75, 3.05) is 13.7 Å². The first-order valence-electron chi connectivity index (χ1n) is 8.16. The van der Waals surface area contributed by atoms with Gasteiger partial charge in [-0.05, 0) is 55.7 Å². The molecule has 2 rings (SSSR count). The van der Waals surface area contributed by atoms with Crippen molar-refractivity contribution in [1.29, 1.82) is 0 Å². The van der Waals surface area contributed by atoms with Gasteiger partial charge in [-0.25, -0.2) is 0 Å². The van der Waals surface area contributed by atoms with Gasteiger partial charge in [0, 0.05) is 5.56 Å². The minimum absolute atomic E-state index is 0.163. The van der Waals surface area contributed by atoms with E-state index in [0.29, 0.717) is 23.1 Å². The molecule has 134 valence electrons. The molecule has 0 spiro atoms. The molecule has 0 aromatic heterocycles. The van der Waals surface area contributed by atoms with Crippen LogP contribution < -0.4 is 9.47 Å². The third-order valence-corrected chi connectivity index (χ3v) is 4.31. The summed E-state index contributed by atoms with van der Waals surface area (Å²) in [7, 11) is 1.37. The van der Waals surface area contributed by atoms with E-state index < -0.39 is 0 Å². The van der Waals surface area contributed by atoms with Gasteiger partial charge < -0.3 is 14.2 Å². The Morgan fingerprint density at radius 2 is 1.80 bits per heavy atom. The maximum atomic E-state index is 11.7. The second-order valence-electron chi connectivity index (χ2n) is 5.74. The molecule has 0 bridgehead atoms. The molecule has 0 atom stereocenters. The standard InChI is InChI=1S/C20H23ClO4/c1-5-24-18-8-6-7-15(11-20(22)23-4)16(18)12-25-19-10-14(3)13(2)9-17(19)21/h6-10H,5,11-12H2,1-4H3. The molecule has 4 nitrogen and oxygen atoms in total. The number of methoxy groups -OCH3 is 1. The average Bonchev–Trinajstić information content (AvgIpc) is 2.58. The number of aryl methyl sites for hydroxylation is 2. The summed E-state index contributed by atoms with van der Waals surface area (Å²) in [5.74, 6) is 1.00. The van der Waals surface area contributed by atoms with Gasteiger partial charge in [-0.1, -0.05) is 23.7 Å². The molecule has 0 saturated carbocycles. The Bertz CT molecular complexity index is 756. The minimum atomic E-state index is -0.306. The van der Waals surface area contributed by atoms with Crippen LogP contribution in [0.4, 0.5) is 0 Å². The van der Waals surface area contributed by atoms with Crippen LogP contribution in [0.5, 0.6) is 11.5 Å². The number of benzene rings is 2. The molecule has 0 aliphatic carbocycles. The van der Waals surface area contributed by atoms with Crippen molar-refractivity contribution in [2.45, 2.75) is 33.8 Å². The number of hydrogen-bond acceptors (Lipinski definition) is 4. The molecule has 0 amide bonds. The molecule has 0 saturated heterocycles. The normalized spacial score (nSPS) is 10.4. The van der Waals surface area contributed by atoms with Crippen LogP contribution in [-0.2, 0) is 22.6 Å². The van der Waals surface area contributed by atoms with Crippen molar-refractivity contribution in [3.8, 4) is 11.5 Å². The molecule has 25 heavy (non-hydrogen) atoms. The second kappa shape index (κ2) is 8.77. The van der Waals surface area contributed by atoms with Gasteiger partial charge in [0.05, 0.1) is 25.2 Å². The molecule has 0 N–H and O–H groups in total. The molecule has 0 aliphatic rings. The number of carbonyl (C=O) groups is 1. The van der Waals surface area contributed by atoms with Crippen LogP contribution in [0, 0.1) is 13.8 Å². The number of carbonyl (C=O) groups excluding carboxylic acids is 1. The number of halogens is 1. The van der Waals surface area contributed by atoms with Gasteiger partial charge in [0.15, 0.2) is 0 Å². The van der Waals surface area contributed by atoms with Gasteiger partial charge in [0.25, 0.3) is 0 Å². The van der Waals surface area contributed by atoms with Crippen LogP contribution in [0.3, 0.4) is 0 Å². The summed E-state index contributed by atoms with van der Waals surface area (Å²) in [5.41, 5.74) is 3.85. The average molecular weight is 363 g/mol.